The Morgan fingerprint density at radius 2 is 1.84 bits per heavy atom. The third-order valence-corrected chi connectivity index (χ3v) is 4.00. The van der Waals surface area contributed by atoms with Gasteiger partial charge in [0.25, 0.3) is 0 Å². The van der Waals surface area contributed by atoms with E-state index in [9.17, 15) is 0 Å². The summed E-state index contributed by atoms with van der Waals surface area (Å²) in [6.07, 6.45) is 0. The smallest absolute Gasteiger partial charge is 0.124 e. The Morgan fingerprint density at radius 3 is 2.58 bits per heavy atom. The summed E-state index contributed by atoms with van der Waals surface area (Å²) >= 11 is 7.01. The molecule has 0 unspecified atom stereocenters. The van der Waals surface area contributed by atoms with E-state index in [1.807, 2.05) is 37.4 Å². The molecule has 100 valence electrons. The van der Waals surface area contributed by atoms with Crippen LogP contribution in [0.1, 0.15) is 11.1 Å². The highest BCUT2D eigenvalue weighted by molar-refractivity contribution is 9.10. The molecule has 2 rings (SSSR count). The van der Waals surface area contributed by atoms with Crippen LogP contribution in [0.3, 0.4) is 0 Å². The van der Waals surface area contributed by atoms with Gasteiger partial charge in [-0.15, -0.1) is 0 Å². The lowest BCUT2D eigenvalue weighted by Gasteiger charge is -2.12. The Morgan fingerprint density at radius 1 is 1.05 bits per heavy atom. The van der Waals surface area contributed by atoms with Gasteiger partial charge in [-0.1, -0.05) is 50.1 Å². The summed E-state index contributed by atoms with van der Waals surface area (Å²) in [5.41, 5.74) is 2.28. The third kappa shape index (κ3) is 4.06. The lowest BCUT2D eigenvalue weighted by atomic mass is 10.2. The molecule has 19 heavy (non-hydrogen) atoms. The SMILES string of the molecule is CNCc1cc(Br)ccc1OCc1ccccc1Br. The van der Waals surface area contributed by atoms with E-state index < -0.39 is 0 Å². The van der Waals surface area contributed by atoms with Crippen molar-refractivity contribution < 1.29 is 4.74 Å². The van der Waals surface area contributed by atoms with Crippen LogP contribution in [0.2, 0.25) is 0 Å². The average molecular weight is 385 g/mol. The first-order valence-corrected chi connectivity index (χ1v) is 7.58. The standard InChI is InChI=1S/C15H15Br2NO/c1-18-9-12-8-13(16)6-7-15(12)19-10-11-4-2-3-5-14(11)17/h2-8,18H,9-10H2,1H3. The van der Waals surface area contributed by atoms with Crippen LogP contribution in [-0.2, 0) is 13.2 Å². The number of halogens is 2. The van der Waals surface area contributed by atoms with Crippen LogP contribution in [0.5, 0.6) is 5.75 Å². The van der Waals surface area contributed by atoms with Gasteiger partial charge in [-0.05, 0) is 31.3 Å². The van der Waals surface area contributed by atoms with Crippen LogP contribution < -0.4 is 10.1 Å². The zero-order valence-corrected chi connectivity index (χ0v) is 13.8. The van der Waals surface area contributed by atoms with E-state index in [0.29, 0.717) is 6.61 Å². The van der Waals surface area contributed by atoms with Crippen LogP contribution in [0.4, 0.5) is 0 Å². The van der Waals surface area contributed by atoms with Gasteiger partial charge in [-0.3, -0.25) is 0 Å². The second kappa shape index (κ2) is 7.08. The monoisotopic (exact) mass is 383 g/mol. The van der Waals surface area contributed by atoms with Gasteiger partial charge in [0, 0.05) is 26.6 Å². The molecule has 0 aliphatic heterocycles. The van der Waals surface area contributed by atoms with Crippen molar-refractivity contribution in [2.45, 2.75) is 13.2 Å². The van der Waals surface area contributed by atoms with Crippen molar-refractivity contribution >= 4 is 31.9 Å². The zero-order chi connectivity index (χ0) is 13.7. The molecule has 4 heteroatoms. The van der Waals surface area contributed by atoms with Crippen molar-refractivity contribution in [3.8, 4) is 5.75 Å². The highest BCUT2D eigenvalue weighted by Crippen LogP contribution is 2.25. The first-order chi connectivity index (χ1) is 9.20. The third-order valence-electron chi connectivity index (χ3n) is 2.73. The fourth-order valence-corrected chi connectivity index (χ4v) is 2.60. The van der Waals surface area contributed by atoms with Crippen LogP contribution in [0.25, 0.3) is 0 Å². The van der Waals surface area contributed by atoms with E-state index in [1.165, 1.54) is 0 Å². The number of hydrogen-bond donors (Lipinski definition) is 1. The first kappa shape index (κ1) is 14.6. The number of rotatable bonds is 5. The number of nitrogens with one attached hydrogen (secondary N) is 1. The second-order valence-corrected chi connectivity index (χ2v) is 5.93. The predicted octanol–water partition coefficient (Wildman–Crippen LogP) is 4.51. The van der Waals surface area contributed by atoms with Gasteiger partial charge in [0.1, 0.15) is 12.4 Å². The maximum absolute atomic E-state index is 5.92. The maximum atomic E-state index is 5.92. The number of ether oxygens (including phenoxy) is 1. The largest absolute Gasteiger partial charge is 0.489 e. The lowest BCUT2D eigenvalue weighted by molar-refractivity contribution is 0.301. The minimum absolute atomic E-state index is 0.555. The van der Waals surface area contributed by atoms with Crippen molar-refractivity contribution in [3.05, 3.63) is 62.5 Å². The Hall–Kier alpha value is -0.840. The number of hydrogen-bond acceptors (Lipinski definition) is 2. The van der Waals surface area contributed by atoms with Crippen molar-refractivity contribution in [1.29, 1.82) is 0 Å². The molecule has 0 saturated carbocycles. The lowest BCUT2D eigenvalue weighted by Crippen LogP contribution is -2.07. The van der Waals surface area contributed by atoms with Crippen molar-refractivity contribution in [2.24, 2.45) is 0 Å². The molecule has 0 atom stereocenters. The van der Waals surface area contributed by atoms with E-state index >= 15 is 0 Å². The molecule has 0 aromatic heterocycles. The van der Waals surface area contributed by atoms with Crippen molar-refractivity contribution in [3.63, 3.8) is 0 Å². The molecule has 2 aromatic rings. The molecule has 2 nitrogen and oxygen atoms in total. The highest BCUT2D eigenvalue weighted by Gasteiger charge is 2.05. The molecule has 0 saturated heterocycles. The van der Waals surface area contributed by atoms with Crippen molar-refractivity contribution in [2.75, 3.05) is 7.05 Å². The van der Waals surface area contributed by atoms with Gasteiger partial charge in [-0.2, -0.15) is 0 Å². The topological polar surface area (TPSA) is 21.3 Å². The maximum Gasteiger partial charge on any atom is 0.124 e. The molecule has 0 bridgehead atoms. The molecule has 0 heterocycles. The molecule has 2 aromatic carbocycles. The van der Waals surface area contributed by atoms with Crippen LogP contribution in [0, 0.1) is 0 Å². The summed E-state index contributed by atoms with van der Waals surface area (Å²) in [6.45, 7) is 1.34. The average Bonchev–Trinajstić information content (AvgIpc) is 2.40. The fourth-order valence-electron chi connectivity index (χ4n) is 1.79. The second-order valence-electron chi connectivity index (χ2n) is 4.16. The summed E-state index contributed by atoms with van der Waals surface area (Å²) in [7, 11) is 1.93. The van der Waals surface area contributed by atoms with Gasteiger partial charge in [0.15, 0.2) is 0 Å². The van der Waals surface area contributed by atoms with E-state index in [4.69, 9.17) is 4.74 Å². The van der Waals surface area contributed by atoms with Crippen LogP contribution in [0.15, 0.2) is 51.4 Å². The van der Waals surface area contributed by atoms with Crippen LogP contribution in [-0.4, -0.2) is 7.05 Å². The van der Waals surface area contributed by atoms with Gasteiger partial charge >= 0.3 is 0 Å². The van der Waals surface area contributed by atoms with Crippen LogP contribution >= 0.6 is 31.9 Å². The Labute approximate surface area is 130 Å². The Bertz CT molecular complexity index is 558. The minimum atomic E-state index is 0.555. The molecular weight excluding hydrogens is 370 g/mol. The molecule has 1 N–H and O–H groups in total. The molecule has 0 amide bonds. The molecule has 0 fully saturated rings. The zero-order valence-electron chi connectivity index (χ0n) is 10.6. The van der Waals surface area contributed by atoms with Gasteiger partial charge < -0.3 is 10.1 Å². The van der Waals surface area contributed by atoms with Gasteiger partial charge in [-0.25, -0.2) is 0 Å². The molecule has 0 spiro atoms. The van der Waals surface area contributed by atoms with E-state index in [1.54, 1.807) is 0 Å². The summed E-state index contributed by atoms with van der Waals surface area (Å²) in [4.78, 5) is 0. The fraction of sp³-hybridized carbons (Fsp3) is 0.200. The quantitative estimate of drug-likeness (QED) is 0.818. The Kier molecular flexibility index (Phi) is 5.43. The highest BCUT2D eigenvalue weighted by atomic mass is 79.9. The summed E-state index contributed by atoms with van der Waals surface area (Å²) in [6, 6.07) is 14.2. The number of benzene rings is 2. The van der Waals surface area contributed by atoms with Gasteiger partial charge in [0.2, 0.25) is 0 Å². The molecular formula is C15H15Br2NO. The van der Waals surface area contributed by atoms with Gasteiger partial charge in [0.05, 0.1) is 0 Å². The summed E-state index contributed by atoms with van der Waals surface area (Å²) in [5.74, 6) is 0.910. The summed E-state index contributed by atoms with van der Waals surface area (Å²) in [5, 5.41) is 3.15. The molecule has 0 radical (unpaired) electrons. The van der Waals surface area contributed by atoms with E-state index in [2.05, 4.69) is 49.3 Å². The predicted molar refractivity (Wildman–Crippen MR) is 85.4 cm³/mol. The normalized spacial score (nSPS) is 10.5. The van der Waals surface area contributed by atoms with E-state index in [0.717, 1.165) is 32.4 Å². The van der Waals surface area contributed by atoms with Crippen molar-refractivity contribution in [1.82, 2.24) is 5.32 Å². The molecule has 0 aliphatic carbocycles. The minimum Gasteiger partial charge on any atom is -0.489 e. The Balaban J connectivity index is 2.13. The summed E-state index contributed by atoms with van der Waals surface area (Å²) < 4.78 is 8.05. The molecule has 0 aliphatic rings. The van der Waals surface area contributed by atoms with E-state index in [-0.39, 0.29) is 0 Å². The first-order valence-electron chi connectivity index (χ1n) is 6.00.